The lowest BCUT2D eigenvalue weighted by Gasteiger charge is -2.18. The van der Waals surface area contributed by atoms with Crippen LogP contribution < -0.4 is 11.1 Å². The quantitative estimate of drug-likeness (QED) is 0.700. The molecule has 0 radical (unpaired) electrons. The third-order valence-corrected chi connectivity index (χ3v) is 2.91. The normalized spacial score (nSPS) is 10.2. The van der Waals surface area contributed by atoms with Crippen molar-refractivity contribution >= 4 is 17.5 Å². The van der Waals surface area contributed by atoms with Crippen molar-refractivity contribution in [1.82, 2.24) is 15.2 Å². The van der Waals surface area contributed by atoms with E-state index in [-0.39, 0.29) is 18.4 Å². The largest absolute Gasteiger partial charge is 0.397 e. The van der Waals surface area contributed by atoms with E-state index in [1.165, 1.54) is 11.1 Å². The van der Waals surface area contributed by atoms with Crippen LogP contribution in [-0.4, -0.2) is 55.6 Å². The van der Waals surface area contributed by atoms with Gasteiger partial charge in [0.25, 0.3) is 5.91 Å². The van der Waals surface area contributed by atoms with Gasteiger partial charge in [-0.25, -0.2) is 0 Å². The van der Waals surface area contributed by atoms with Gasteiger partial charge in [-0.1, -0.05) is 0 Å². The third-order valence-electron chi connectivity index (χ3n) is 2.91. The number of nitrogen functional groups attached to an aromatic ring is 1. The molecule has 0 aliphatic rings. The van der Waals surface area contributed by atoms with Gasteiger partial charge in [0.05, 0.1) is 29.7 Å². The van der Waals surface area contributed by atoms with Crippen LogP contribution in [0.3, 0.4) is 0 Å². The van der Waals surface area contributed by atoms with Crippen LogP contribution in [0.4, 0.5) is 5.69 Å². The summed E-state index contributed by atoms with van der Waals surface area (Å²) in [4.78, 5) is 29.4. The second-order valence-corrected chi connectivity index (χ2v) is 4.76. The molecule has 0 atom stereocenters. The van der Waals surface area contributed by atoms with E-state index in [1.54, 1.807) is 27.1 Å². The minimum absolute atomic E-state index is 0.0138. The van der Waals surface area contributed by atoms with Gasteiger partial charge in [0.2, 0.25) is 5.91 Å². The maximum atomic E-state index is 12.3. The predicted molar refractivity (Wildman–Crippen MR) is 79.8 cm³/mol. The summed E-state index contributed by atoms with van der Waals surface area (Å²) in [7, 11) is 3.18. The van der Waals surface area contributed by atoms with Gasteiger partial charge in [-0.2, -0.15) is 0 Å². The average Bonchev–Trinajstić information content (AvgIpc) is 2.45. The number of nitrogens with one attached hydrogen (secondary N) is 1. The maximum Gasteiger partial charge on any atom is 0.255 e. The summed E-state index contributed by atoms with van der Waals surface area (Å²) in [6.07, 6.45) is 2.23. The number of hydrogen-bond acceptors (Lipinski definition) is 5. The molecule has 0 aromatic carbocycles. The highest BCUT2D eigenvalue weighted by Gasteiger charge is 2.17. The van der Waals surface area contributed by atoms with Crippen LogP contribution in [0.2, 0.25) is 0 Å². The molecule has 0 spiro atoms. The standard InChI is InChI=1S/C14H22N4O3/c1-10-12(7-11(15)8-17-10)14(20)18(2)9-13(19)16-5-4-6-21-3/h7-8H,4-6,9,15H2,1-3H3,(H,16,19). The van der Waals surface area contributed by atoms with E-state index in [1.807, 2.05) is 0 Å². The van der Waals surface area contributed by atoms with Crippen molar-refractivity contribution in [3.63, 3.8) is 0 Å². The van der Waals surface area contributed by atoms with Gasteiger partial charge < -0.3 is 20.7 Å². The predicted octanol–water partition coefficient (Wildman–Crippen LogP) is 0.197. The molecule has 1 aromatic rings. The molecule has 0 bridgehead atoms. The smallest absolute Gasteiger partial charge is 0.255 e. The van der Waals surface area contributed by atoms with Crippen molar-refractivity contribution < 1.29 is 14.3 Å². The lowest BCUT2D eigenvalue weighted by atomic mass is 10.1. The summed E-state index contributed by atoms with van der Waals surface area (Å²) in [6, 6.07) is 1.57. The Morgan fingerprint density at radius 2 is 2.19 bits per heavy atom. The van der Waals surface area contributed by atoms with Gasteiger partial charge in [0.15, 0.2) is 0 Å². The fraction of sp³-hybridized carbons (Fsp3) is 0.500. The number of pyridine rings is 1. The number of hydrogen-bond donors (Lipinski definition) is 2. The van der Waals surface area contributed by atoms with Crippen molar-refractivity contribution in [3.8, 4) is 0 Å². The first-order valence-electron chi connectivity index (χ1n) is 6.69. The second kappa shape index (κ2) is 8.21. The molecule has 21 heavy (non-hydrogen) atoms. The number of likely N-dealkylation sites (N-methyl/N-ethyl adjacent to an activating group) is 1. The first-order valence-corrected chi connectivity index (χ1v) is 6.69. The number of carbonyl (C=O) groups is 2. The van der Waals surface area contributed by atoms with Crippen LogP contribution >= 0.6 is 0 Å². The van der Waals surface area contributed by atoms with Crippen LogP contribution in [0.1, 0.15) is 22.5 Å². The first-order chi connectivity index (χ1) is 9.95. The Hall–Kier alpha value is -2.15. The Morgan fingerprint density at radius 3 is 2.86 bits per heavy atom. The lowest BCUT2D eigenvalue weighted by molar-refractivity contribution is -0.121. The summed E-state index contributed by atoms with van der Waals surface area (Å²) in [5.41, 5.74) is 7.05. The van der Waals surface area contributed by atoms with Crippen LogP contribution in [0.5, 0.6) is 0 Å². The van der Waals surface area contributed by atoms with E-state index in [0.29, 0.717) is 30.1 Å². The zero-order chi connectivity index (χ0) is 15.8. The topological polar surface area (TPSA) is 97.5 Å². The molecule has 0 aliphatic heterocycles. The van der Waals surface area contributed by atoms with E-state index in [0.717, 1.165) is 6.42 Å². The van der Waals surface area contributed by atoms with Crippen LogP contribution in [0, 0.1) is 6.92 Å². The Balaban J connectivity index is 2.54. The fourth-order valence-corrected chi connectivity index (χ4v) is 1.76. The number of aromatic nitrogens is 1. The zero-order valence-electron chi connectivity index (χ0n) is 12.7. The minimum atomic E-state index is -0.278. The Labute approximate surface area is 124 Å². The van der Waals surface area contributed by atoms with Gasteiger partial charge >= 0.3 is 0 Å². The molecule has 1 aromatic heterocycles. The second-order valence-electron chi connectivity index (χ2n) is 4.76. The molecule has 0 fully saturated rings. The number of nitrogens with two attached hydrogens (primary N) is 1. The number of anilines is 1. The molecular formula is C14H22N4O3. The molecule has 0 saturated heterocycles. The number of aryl methyl sites for hydroxylation is 1. The highest BCUT2D eigenvalue weighted by molar-refractivity contribution is 5.97. The molecule has 1 rings (SSSR count). The maximum absolute atomic E-state index is 12.3. The molecule has 1 heterocycles. The van der Waals surface area contributed by atoms with E-state index in [2.05, 4.69) is 10.3 Å². The van der Waals surface area contributed by atoms with Crippen molar-refractivity contribution in [3.05, 3.63) is 23.5 Å². The van der Waals surface area contributed by atoms with Gasteiger partial charge in [-0.05, 0) is 19.4 Å². The Kier molecular flexibility index (Phi) is 6.61. The summed E-state index contributed by atoms with van der Waals surface area (Å²) in [5.74, 6) is -0.490. The molecular weight excluding hydrogens is 272 g/mol. The highest BCUT2D eigenvalue weighted by atomic mass is 16.5. The molecule has 0 saturated carbocycles. The SMILES string of the molecule is COCCCNC(=O)CN(C)C(=O)c1cc(N)cnc1C. The van der Waals surface area contributed by atoms with Crippen molar-refractivity contribution in [2.45, 2.75) is 13.3 Å². The number of nitrogens with zero attached hydrogens (tertiary/aromatic N) is 2. The zero-order valence-corrected chi connectivity index (χ0v) is 12.7. The third kappa shape index (κ3) is 5.39. The summed E-state index contributed by atoms with van der Waals surface area (Å²) >= 11 is 0. The van der Waals surface area contributed by atoms with Crippen LogP contribution in [0.25, 0.3) is 0 Å². The summed E-state index contributed by atoms with van der Waals surface area (Å²) in [6.45, 7) is 2.82. The Bertz CT molecular complexity index is 505. The number of ether oxygens (including phenoxy) is 1. The monoisotopic (exact) mass is 294 g/mol. The van der Waals surface area contributed by atoms with E-state index in [9.17, 15) is 9.59 Å². The van der Waals surface area contributed by atoms with Crippen LogP contribution in [-0.2, 0) is 9.53 Å². The molecule has 0 unspecified atom stereocenters. The molecule has 7 heteroatoms. The van der Waals surface area contributed by atoms with Gasteiger partial charge in [-0.3, -0.25) is 14.6 Å². The number of amides is 2. The molecule has 0 aliphatic carbocycles. The molecule has 116 valence electrons. The van der Waals surface area contributed by atoms with E-state index < -0.39 is 0 Å². The fourth-order valence-electron chi connectivity index (χ4n) is 1.76. The highest BCUT2D eigenvalue weighted by Crippen LogP contribution is 2.11. The van der Waals surface area contributed by atoms with E-state index >= 15 is 0 Å². The lowest BCUT2D eigenvalue weighted by Crippen LogP contribution is -2.39. The first kappa shape index (κ1) is 16.9. The van der Waals surface area contributed by atoms with Crippen LogP contribution in [0.15, 0.2) is 12.3 Å². The van der Waals surface area contributed by atoms with Crippen molar-refractivity contribution in [2.75, 3.05) is 39.6 Å². The van der Waals surface area contributed by atoms with Gasteiger partial charge in [0, 0.05) is 27.3 Å². The van der Waals surface area contributed by atoms with E-state index in [4.69, 9.17) is 10.5 Å². The Morgan fingerprint density at radius 1 is 1.48 bits per heavy atom. The molecule has 3 N–H and O–H groups in total. The number of rotatable bonds is 7. The summed E-state index contributed by atoms with van der Waals surface area (Å²) < 4.78 is 4.89. The summed E-state index contributed by atoms with van der Waals surface area (Å²) in [5, 5.41) is 2.73. The molecule has 2 amide bonds. The molecule has 7 nitrogen and oxygen atoms in total. The number of methoxy groups -OCH3 is 1. The minimum Gasteiger partial charge on any atom is -0.397 e. The average molecular weight is 294 g/mol. The van der Waals surface area contributed by atoms with Gasteiger partial charge in [0.1, 0.15) is 0 Å². The van der Waals surface area contributed by atoms with Crippen molar-refractivity contribution in [2.24, 2.45) is 0 Å². The number of carbonyl (C=O) groups excluding carboxylic acids is 2. The van der Waals surface area contributed by atoms with Crippen molar-refractivity contribution in [1.29, 1.82) is 0 Å². The van der Waals surface area contributed by atoms with Gasteiger partial charge in [-0.15, -0.1) is 0 Å².